The number of nitrogens with two attached hydrogens (primary N) is 1. The molecule has 3 N–H and O–H groups in total. The van der Waals surface area contributed by atoms with E-state index in [1.807, 2.05) is 0 Å². The zero-order chi connectivity index (χ0) is 14.5. The van der Waals surface area contributed by atoms with Crippen molar-refractivity contribution in [3.63, 3.8) is 0 Å². The first kappa shape index (κ1) is 13.9. The lowest BCUT2D eigenvalue weighted by atomic mass is 10.2. The lowest BCUT2D eigenvalue weighted by Crippen LogP contribution is -2.20. The quantitative estimate of drug-likeness (QED) is 0.842. The summed E-state index contributed by atoms with van der Waals surface area (Å²) in [7, 11) is 0. The summed E-state index contributed by atoms with van der Waals surface area (Å²) in [5.74, 6) is -0.142. The summed E-state index contributed by atoms with van der Waals surface area (Å²) in [6.07, 6.45) is 0. The lowest BCUT2D eigenvalue weighted by Gasteiger charge is -2.08. The zero-order valence-electron chi connectivity index (χ0n) is 11.0. The Morgan fingerprint density at radius 1 is 1.25 bits per heavy atom. The Morgan fingerprint density at radius 3 is 2.60 bits per heavy atom. The van der Waals surface area contributed by atoms with Gasteiger partial charge in [-0.25, -0.2) is 4.39 Å². The Bertz CT molecular complexity index is 612. The molecule has 0 aliphatic carbocycles. The number of hydrogen-bond donors (Lipinski definition) is 2. The minimum atomic E-state index is -0.302. The molecule has 0 saturated carbocycles. The van der Waals surface area contributed by atoms with Gasteiger partial charge >= 0.3 is 0 Å². The molecule has 0 aliphatic rings. The third kappa shape index (κ3) is 3.71. The van der Waals surface area contributed by atoms with Gasteiger partial charge < -0.3 is 15.8 Å². The predicted octanol–water partition coefficient (Wildman–Crippen LogP) is 2.73. The van der Waals surface area contributed by atoms with Crippen LogP contribution in [0, 0.1) is 12.7 Å². The minimum absolute atomic E-state index is 0.143. The molecular formula is C15H15FN2O2. The second-order valence-corrected chi connectivity index (χ2v) is 4.37. The molecule has 0 heterocycles. The van der Waals surface area contributed by atoms with Gasteiger partial charge in [-0.15, -0.1) is 0 Å². The maximum atomic E-state index is 13.1. The summed E-state index contributed by atoms with van der Waals surface area (Å²) in [6.45, 7) is 1.49. The number of aryl methyl sites for hydroxylation is 1. The van der Waals surface area contributed by atoms with Crippen molar-refractivity contribution in [2.45, 2.75) is 6.92 Å². The SMILES string of the molecule is Cc1cc(OCC(=O)Nc2ccc(N)cc2)ccc1F. The standard InChI is InChI=1S/C15H15FN2O2/c1-10-8-13(6-7-14(10)16)20-9-15(19)18-12-4-2-11(17)3-5-12/h2-8H,9,17H2,1H3,(H,18,19). The van der Waals surface area contributed by atoms with Crippen LogP contribution >= 0.6 is 0 Å². The number of carbonyl (C=O) groups excluding carboxylic acids is 1. The number of anilines is 2. The molecule has 0 radical (unpaired) electrons. The second kappa shape index (κ2) is 6.06. The maximum absolute atomic E-state index is 13.1. The second-order valence-electron chi connectivity index (χ2n) is 4.37. The predicted molar refractivity (Wildman–Crippen MR) is 76.1 cm³/mol. The monoisotopic (exact) mass is 274 g/mol. The molecule has 0 saturated heterocycles. The van der Waals surface area contributed by atoms with Crippen molar-refractivity contribution in [1.82, 2.24) is 0 Å². The van der Waals surface area contributed by atoms with Crippen molar-refractivity contribution in [3.05, 3.63) is 53.8 Å². The highest BCUT2D eigenvalue weighted by Crippen LogP contribution is 2.16. The van der Waals surface area contributed by atoms with Crippen molar-refractivity contribution in [3.8, 4) is 5.75 Å². The van der Waals surface area contributed by atoms with Crippen molar-refractivity contribution < 1.29 is 13.9 Å². The zero-order valence-corrected chi connectivity index (χ0v) is 11.0. The number of benzene rings is 2. The van der Waals surface area contributed by atoms with Crippen LogP contribution in [0.15, 0.2) is 42.5 Å². The van der Waals surface area contributed by atoms with Crippen LogP contribution in [0.4, 0.5) is 15.8 Å². The molecule has 2 aromatic rings. The molecule has 20 heavy (non-hydrogen) atoms. The Balaban J connectivity index is 1.88. The molecule has 0 atom stereocenters. The average Bonchev–Trinajstić information content (AvgIpc) is 2.43. The first-order chi connectivity index (χ1) is 9.54. The highest BCUT2D eigenvalue weighted by molar-refractivity contribution is 5.92. The van der Waals surface area contributed by atoms with E-state index in [0.29, 0.717) is 22.7 Å². The van der Waals surface area contributed by atoms with E-state index in [1.165, 1.54) is 12.1 Å². The van der Waals surface area contributed by atoms with Crippen molar-refractivity contribution in [1.29, 1.82) is 0 Å². The highest BCUT2D eigenvalue weighted by Gasteiger charge is 2.05. The molecule has 2 aromatic carbocycles. The molecule has 0 spiro atoms. The Labute approximate surface area is 116 Å². The van der Waals surface area contributed by atoms with E-state index in [4.69, 9.17) is 10.5 Å². The van der Waals surface area contributed by atoms with E-state index in [0.717, 1.165) is 0 Å². The topological polar surface area (TPSA) is 64.3 Å². The fraction of sp³-hybridized carbons (Fsp3) is 0.133. The Morgan fingerprint density at radius 2 is 1.95 bits per heavy atom. The van der Waals surface area contributed by atoms with Crippen LogP contribution in [0.1, 0.15) is 5.56 Å². The third-order valence-corrected chi connectivity index (χ3v) is 2.69. The molecule has 2 rings (SSSR count). The summed E-state index contributed by atoms with van der Waals surface area (Å²) < 4.78 is 18.4. The third-order valence-electron chi connectivity index (χ3n) is 2.69. The van der Waals surface area contributed by atoms with Crippen LogP contribution in [0.25, 0.3) is 0 Å². The number of amides is 1. The van der Waals surface area contributed by atoms with Crippen molar-refractivity contribution >= 4 is 17.3 Å². The van der Waals surface area contributed by atoms with E-state index in [2.05, 4.69) is 5.32 Å². The summed E-state index contributed by atoms with van der Waals surface area (Å²) in [5.41, 5.74) is 7.29. The number of rotatable bonds is 4. The maximum Gasteiger partial charge on any atom is 0.262 e. The summed E-state index contributed by atoms with van der Waals surface area (Å²) in [4.78, 5) is 11.7. The van der Waals surface area contributed by atoms with Gasteiger partial charge in [0.05, 0.1) is 0 Å². The van der Waals surface area contributed by atoms with Crippen LogP contribution < -0.4 is 15.8 Å². The van der Waals surface area contributed by atoms with Crippen LogP contribution in [0.3, 0.4) is 0 Å². The molecule has 0 unspecified atom stereocenters. The van der Waals surface area contributed by atoms with E-state index in [1.54, 1.807) is 37.3 Å². The fourth-order valence-electron chi connectivity index (χ4n) is 1.62. The van der Waals surface area contributed by atoms with Gasteiger partial charge in [0.25, 0.3) is 5.91 Å². The highest BCUT2D eigenvalue weighted by atomic mass is 19.1. The van der Waals surface area contributed by atoms with E-state index in [-0.39, 0.29) is 18.3 Å². The van der Waals surface area contributed by atoms with Crippen LogP contribution in [0.5, 0.6) is 5.75 Å². The number of nitrogens with one attached hydrogen (secondary N) is 1. The first-order valence-electron chi connectivity index (χ1n) is 6.09. The Hall–Kier alpha value is -2.56. The molecule has 0 aromatic heterocycles. The molecule has 1 amide bonds. The number of hydrogen-bond acceptors (Lipinski definition) is 3. The Kier molecular flexibility index (Phi) is 4.20. The molecule has 5 heteroatoms. The smallest absolute Gasteiger partial charge is 0.262 e. The number of carbonyl (C=O) groups is 1. The largest absolute Gasteiger partial charge is 0.484 e. The minimum Gasteiger partial charge on any atom is -0.484 e. The fourth-order valence-corrected chi connectivity index (χ4v) is 1.62. The van der Waals surface area contributed by atoms with Gasteiger partial charge in [0.1, 0.15) is 11.6 Å². The molecule has 0 bridgehead atoms. The van der Waals surface area contributed by atoms with Gasteiger partial charge in [-0.2, -0.15) is 0 Å². The van der Waals surface area contributed by atoms with E-state index in [9.17, 15) is 9.18 Å². The van der Waals surface area contributed by atoms with Gasteiger partial charge in [0, 0.05) is 11.4 Å². The van der Waals surface area contributed by atoms with Gasteiger partial charge in [-0.05, 0) is 55.0 Å². The van der Waals surface area contributed by atoms with E-state index >= 15 is 0 Å². The van der Waals surface area contributed by atoms with E-state index < -0.39 is 0 Å². The number of nitrogen functional groups attached to an aromatic ring is 1. The summed E-state index contributed by atoms with van der Waals surface area (Å²) in [6, 6.07) is 11.1. The first-order valence-corrected chi connectivity index (χ1v) is 6.09. The molecule has 4 nitrogen and oxygen atoms in total. The van der Waals surface area contributed by atoms with Crippen molar-refractivity contribution in [2.24, 2.45) is 0 Å². The van der Waals surface area contributed by atoms with Crippen LogP contribution in [-0.4, -0.2) is 12.5 Å². The van der Waals surface area contributed by atoms with Gasteiger partial charge in [0.15, 0.2) is 6.61 Å². The van der Waals surface area contributed by atoms with Gasteiger partial charge in [0.2, 0.25) is 0 Å². The van der Waals surface area contributed by atoms with Crippen LogP contribution in [-0.2, 0) is 4.79 Å². The normalized spacial score (nSPS) is 10.1. The summed E-state index contributed by atoms with van der Waals surface area (Å²) >= 11 is 0. The molecule has 0 fully saturated rings. The van der Waals surface area contributed by atoms with Crippen molar-refractivity contribution in [2.75, 3.05) is 17.7 Å². The van der Waals surface area contributed by atoms with Gasteiger partial charge in [-0.1, -0.05) is 0 Å². The van der Waals surface area contributed by atoms with Gasteiger partial charge in [-0.3, -0.25) is 4.79 Å². The molecule has 104 valence electrons. The number of ether oxygens (including phenoxy) is 1. The molecular weight excluding hydrogens is 259 g/mol. The lowest BCUT2D eigenvalue weighted by molar-refractivity contribution is -0.118. The molecule has 0 aliphatic heterocycles. The number of halogens is 1. The summed E-state index contributed by atoms with van der Waals surface area (Å²) in [5, 5.41) is 2.67. The van der Waals surface area contributed by atoms with Crippen LogP contribution in [0.2, 0.25) is 0 Å². The average molecular weight is 274 g/mol.